The van der Waals surface area contributed by atoms with Crippen molar-refractivity contribution in [2.75, 3.05) is 55.5 Å². The quantitative estimate of drug-likeness (QED) is 0.238. The Morgan fingerprint density at radius 2 is 1.30 bits per heavy atom. The maximum Gasteiger partial charge on any atom is 0.201 e. The van der Waals surface area contributed by atoms with Crippen LogP contribution >= 0.6 is 0 Å². The molecule has 2 atom stereocenters. The van der Waals surface area contributed by atoms with Gasteiger partial charge in [0.2, 0.25) is 5.75 Å². The van der Waals surface area contributed by atoms with Crippen molar-refractivity contribution in [1.82, 2.24) is 0 Å². The van der Waals surface area contributed by atoms with Gasteiger partial charge in [-0.15, -0.1) is 0 Å². The van der Waals surface area contributed by atoms with Crippen LogP contribution in [0.1, 0.15) is 45.5 Å². The second-order valence-electron chi connectivity index (χ2n) is 14.1. The van der Waals surface area contributed by atoms with E-state index in [1.54, 1.807) is 20.3 Å². The summed E-state index contributed by atoms with van der Waals surface area (Å²) < 4.78 is 26.1. The summed E-state index contributed by atoms with van der Waals surface area (Å²) in [5, 5.41) is 22.5. The van der Waals surface area contributed by atoms with Crippen molar-refractivity contribution >= 4 is 0 Å². The first kappa shape index (κ1) is 30.3. The Morgan fingerprint density at radius 1 is 0.674 bits per heavy atom. The van der Waals surface area contributed by atoms with Gasteiger partial charge in [0.15, 0.2) is 34.5 Å². The first-order valence-corrected chi connectivity index (χ1v) is 16.0. The molecular weight excluding hydrogens is 580 g/mol. The fourth-order valence-corrected chi connectivity index (χ4v) is 7.61. The van der Waals surface area contributed by atoms with Crippen molar-refractivity contribution in [3.63, 3.8) is 0 Å². The van der Waals surface area contributed by atoms with E-state index < -0.39 is 0 Å². The largest absolute Gasteiger partial charge is 0.504 e. The minimum atomic E-state index is -0.0508. The molecular formula is C38H44N2O6+2. The van der Waals surface area contributed by atoms with Crippen LogP contribution in [0.5, 0.6) is 46.0 Å². The molecule has 4 aromatic rings. The lowest BCUT2D eigenvalue weighted by molar-refractivity contribution is -0.923. The molecule has 4 heterocycles. The zero-order valence-corrected chi connectivity index (χ0v) is 27.6. The number of benzene rings is 4. The number of hydrogen-bond acceptors (Lipinski definition) is 6. The van der Waals surface area contributed by atoms with Crippen molar-refractivity contribution in [1.29, 1.82) is 0 Å². The number of quaternary nitrogens is 2. The van der Waals surface area contributed by atoms with Crippen molar-refractivity contribution in [2.24, 2.45) is 0 Å². The van der Waals surface area contributed by atoms with Crippen LogP contribution in [0.4, 0.5) is 0 Å². The van der Waals surface area contributed by atoms with Gasteiger partial charge in [0.25, 0.3) is 0 Å². The van der Waals surface area contributed by atoms with Gasteiger partial charge in [0, 0.05) is 31.2 Å². The molecule has 6 bridgehead atoms. The van der Waals surface area contributed by atoms with Crippen molar-refractivity contribution in [3.05, 3.63) is 94.0 Å². The van der Waals surface area contributed by atoms with Gasteiger partial charge in [-0.25, -0.2) is 0 Å². The lowest BCUT2D eigenvalue weighted by Gasteiger charge is -2.43. The Balaban J connectivity index is 1.44. The monoisotopic (exact) mass is 624 g/mol. The number of likely N-dealkylation sites (N-methyl/N-ethyl adjacent to an activating group) is 2. The van der Waals surface area contributed by atoms with Gasteiger partial charge < -0.3 is 38.1 Å². The second-order valence-corrected chi connectivity index (χ2v) is 14.1. The first-order valence-electron chi connectivity index (χ1n) is 16.0. The average Bonchev–Trinajstić information content (AvgIpc) is 3.03. The van der Waals surface area contributed by atoms with Crippen LogP contribution in [0, 0.1) is 0 Å². The third-order valence-electron chi connectivity index (χ3n) is 10.5. The third kappa shape index (κ3) is 5.19. The van der Waals surface area contributed by atoms with Gasteiger partial charge in [-0.05, 0) is 64.7 Å². The molecule has 0 saturated heterocycles. The molecule has 4 aliphatic rings. The van der Waals surface area contributed by atoms with Crippen LogP contribution < -0.4 is 18.9 Å². The van der Waals surface area contributed by atoms with Crippen LogP contribution in [0.2, 0.25) is 0 Å². The van der Waals surface area contributed by atoms with E-state index in [-0.39, 0.29) is 23.6 Å². The van der Waals surface area contributed by atoms with E-state index in [1.165, 1.54) is 16.7 Å². The lowest BCUT2D eigenvalue weighted by Crippen LogP contribution is -2.48. The SMILES string of the molecule is COc1cc2c3cc1Oc1cc(ccc1O)C[C@H]1c4c(cc(OC)c(O)c4Oc4ccc(cc4)C[C@H]3[N+](C)(C)CC2)CC[N+]1(C)C. The maximum absolute atomic E-state index is 11.5. The molecule has 8 heteroatoms. The molecule has 0 spiro atoms. The maximum atomic E-state index is 11.5. The van der Waals surface area contributed by atoms with Crippen LogP contribution in [0.25, 0.3) is 0 Å². The minimum absolute atomic E-state index is 0.000672. The average molecular weight is 625 g/mol. The minimum Gasteiger partial charge on any atom is -0.504 e. The van der Waals surface area contributed by atoms with Crippen LogP contribution in [-0.2, 0) is 25.7 Å². The Morgan fingerprint density at radius 3 is 2.02 bits per heavy atom. The number of phenolic OH excluding ortho intramolecular Hbond substituents is 2. The summed E-state index contributed by atoms with van der Waals surface area (Å²) in [6, 6.07) is 20.1. The lowest BCUT2D eigenvalue weighted by atomic mass is 9.85. The number of methoxy groups -OCH3 is 2. The molecule has 0 saturated carbocycles. The zero-order chi connectivity index (χ0) is 32.4. The molecule has 0 fully saturated rings. The van der Waals surface area contributed by atoms with E-state index >= 15 is 0 Å². The zero-order valence-electron chi connectivity index (χ0n) is 27.6. The highest BCUT2D eigenvalue weighted by Crippen LogP contribution is 2.51. The van der Waals surface area contributed by atoms with E-state index in [2.05, 4.69) is 52.5 Å². The van der Waals surface area contributed by atoms with Crippen LogP contribution in [-0.4, -0.2) is 74.7 Å². The molecule has 46 heavy (non-hydrogen) atoms. The third-order valence-corrected chi connectivity index (χ3v) is 10.5. The van der Waals surface area contributed by atoms with Gasteiger partial charge in [0.1, 0.15) is 17.8 Å². The van der Waals surface area contributed by atoms with Gasteiger partial charge in [-0.2, -0.15) is 0 Å². The molecule has 0 aliphatic carbocycles. The topological polar surface area (TPSA) is 77.4 Å². The molecule has 240 valence electrons. The van der Waals surface area contributed by atoms with Crippen molar-refractivity contribution in [2.45, 2.75) is 37.8 Å². The predicted octanol–water partition coefficient (Wildman–Crippen LogP) is 6.85. The number of hydrogen-bond donors (Lipinski definition) is 2. The van der Waals surface area contributed by atoms with E-state index in [4.69, 9.17) is 18.9 Å². The summed E-state index contributed by atoms with van der Waals surface area (Å²) in [6.45, 7) is 1.91. The molecule has 4 aliphatic heterocycles. The molecule has 0 aromatic heterocycles. The Bertz CT molecular complexity index is 1810. The number of fused-ring (bicyclic) bond motifs is 2. The molecule has 0 unspecified atom stereocenters. The van der Waals surface area contributed by atoms with Gasteiger partial charge in [-0.3, -0.25) is 0 Å². The highest BCUT2D eigenvalue weighted by Gasteiger charge is 2.41. The standard InChI is InChI=1S/C38H42N2O6/c1-39(2)15-13-25-20-33(43-5)34-22-28(25)29(39)17-23-7-10-27(11-8-23)45-38-36-26(21-35(44-6)37(38)42)14-16-40(3,4)30(36)18-24-9-12-31(41)32(19-24)46-34/h7-12,19-22,29-30H,13-18H2,1-6H3/p+2/t29-,30+/m1/s1. The summed E-state index contributed by atoms with van der Waals surface area (Å²) in [4.78, 5) is 0. The summed E-state index contributed by atoms with van der Waals surface area (Å²) in [5.41, 5.74) is 6.74. The Kier molecular flexibility index (Phi) is 7.33. The number of phenols is 2. The fraction of sp³-hybridized carbons (Fsp3) is 0.368. The number of aromatic hydroxyl groups is 2. The number of rotatable bonds is 2. The molecule has 0 amide bonds. The molecule has 0 radical (unpaired) electrons. The van der Waals surface area contributed by atoms with Crippen LogP contribution in [0.3, 0.4) is 0 Å². The van der Waals surface area contributed by atoms with Gasteiger partial charge in [0.05, 0.1) is 61.1 Å². The molecule has 8 rings (SSSR count). The number of nitrogens with zero attached hydrogens (tertiary/aromatic N) is 2. The van der Waals surface area contributed by atoms with Gasteiger partial charge in [-0.1, -0.05) is 18.2 Å². The van der Waals surface area contributed by atoms with Gasteiger partial charge >= 0.3 is 0 Å². The number of ether oxygens (including phenoxy) is 4. The Labute approximate surface area is 271 Å². The highest BCUT2D eigenvalue weighted by molar-refractivity contribution is 5.61. The highest BCUT2D eigenvalue weighted by atomic mass is 16.5. The van der Waals surface area contributed by atoms with Crippen LogP contribution in [0.15, 0.2) is 60.7 Å². The normalized spacial score (nSPS) is 20.7. The van der Waals surface area contributed by atoms with Crippen molar-refractivity contribution < 1.29 is 38.1 Å². The summed E-state index contributed by atoms with van der Waals surface area (Å²) in [5.74, 6) is 3.18. The van der Waals surface area contributed by atoms with E-state index in [9.17, 15) is 10.2 Å². The van der Waals surface area contributed by atoms with E-state index in [0.29, 0.717) is 45.4 Å². The fourth-order valence-electron chi connectivity index (χ4n) is 7.61. The molecule has 8 nitrogen and oxygen atoms in total. The molecule has 2 N–H and O–H groups in total. The summed E-state index contributed by atoms with van der Waals surface area (Å²) in [7, 11) is 12.2. The van der Waals surface area contributed by atoms with E-state index in [0.717, 1.165) is 53.5 Å². The first-order chi connectivity index (χ1) is 22.0. The summed E-state index contributed by atoms with van der Waals surface area (Å²) >= 11 is 0. The smallest absolute Gasteiger partial charge is 0.201 e. The van der Waals surface area contributed by atoms with Crippen molar-refractivity contribution in [3.8, 4) is 46.0 Å². The predicted molar refractivity (Wildman–Crippen MR) is 177 cm³/mol. The summed E-state index contributed by atoms with van der Waals surface area (Å²) in [6.07, 6.45) is 3.21. The van der Waals surface area contributed by atoms with E-state index in [1.807, 2.05) is 30.3 Å². The Hall–Kier alpha value is -4.40. The second kappa shape index (κ2) is 11.1. The molecule has 4 aromatic carbocycles.